The summed E-state index contributed by atoms with van der Waals surface area (Å²) in [6.07, 6.45) is 4.15. The number of rotatable bonds is 20. The summed E-state index contributed by atoms with van der Waals surface area (Å²) in [5, 5.41) is 3.58. The molecule has 11 heteroatoms. The van der Waals surface area contributed by atoms with Gasteiger partial charge in [0.1, 0.15) is 0 Å². The van der Waals surface area contributed by atoms with E-state index >= 15 is 0 Å². The van der Waals surface area contributed by atoms with Crippen LogP contribution in [0.5, 0.6) is 0 Å². The topological polar surface area (TPSA) is 70.7 Å². The van der Waals surface area contributed by atoms with Crippen LogP contribution in [0.3, 0.4) is 0 Å². The normalized spacial score (nSPS) is 13.5. The van der Waals surface area contributed by atoms with Crippen LogP contribution in [0.25, 0.3) is 0 Å². The monoisotopic (exact) mass is 482 g/mol. The molecule has 0 atom stereocenters. The Bertz CT molecular complexity index is 427. The fraction of sp³-hybridized carbons (Fsp3) is 0.895. The fourth-order valence-corrected chi connectivity index (χ4v) is 10.8. The SMILES string of the molecule is CCO[Si](OCC)(OCC)C(=CN(CC)CC)[SiH2]CNCCC[Si](OC)(OC)OC. The van der Waals surface area contributed by atoms with E-state index in [2.05, 4.69) is 30.3 Å². The molecule has 0 aromatic rings. The lowest BCUT2D eigenvalue weighted by molar-refractivity contribution is 0.0823. The summed E-state index contributed by atoms with van der Waals surface area (Å²) >= 11 is 0. The highest BCUT2D eigenvalue weighted by atomic mass is 28.4. The van der Waals surface area contributed by atoms with E-state index in [9.17, 15) is 0 Å². The Morgan fingerprint density at radius 2 is 1.37 bits per heavy atom. The summed E-state index contributed by atoms with van der Waals surface area (Å²) in [4.78, 5) is 3.57. The Kier molecular flexibility index (Phi) is 17.4. The predicted molar refractivity (Wildman–Crippen MR) is 129 cm³/mol. The lowest BCUT2D eigenvalue weighted by Crippen LogP contribution is -2.52. The van der Waals surface area contributed by atoms with E-state index < -0.39 is 27.1 Å². The molecule has 0 aromatic heterocycles. The molecule has 0 saturated carbocycles. The zero-order valence-corrected chi connectivity index (χ0v) is 24.0. The van der Waals surface area contributed by atoms with Crippen molar-refractivity contribution in [2.75, 3.05) is 67.0 Å². The molecule has 0 aliphatic carbocycles. The lowest BCUT2D eigenvalue weighted by atomic mass is 10.5. The van der Waals surface area contributed by atoms with Gasteiger partial charge < -0.3 is 36.8 Å². The summed E-state index contributed by atoms with van der Waals surface area (Å²) in [7, 11) is -1.04. The van der Waals surface area contributed by atoms with Gasteiger partial charge in [-0.05, 0) is 64.8 Å². The summed E-state index contributed by atoms with van der Waals surface area (Å²) in [5.74, 6) is 0. The van der Waals surface area contributed by atoms with Crippen LogP contribution in [0.4, 0.5) is 0 Å². The quantitative estimate of drug-likeness (QED) is 0.208. The van der Waals surface area contributed by atoms with Crippen molar-refractivity contribution >= 4 is 27.1 Å². The highest BCUT2D eigenvalue weighted by Gasteiger charge is 2.45. The van der Waals surface area contributed by atoms with Gasteiger partial charge in [0.15, 0.2) is 0 Å². The second kappa shape index (κ2) is 17.5. The maximum atomic E-state index is 6.19. The van der Waals surface area contributed by atoms with E-state index in [-0.39, 0.29) is 0 Å². The van der Waals surface area contributed by atoms with Gasteiger partial charge in [-0.25, -0.2) is 0 Å². The van der Waals surface area contributed by atoms with Crippen molar-refractivity contribution in [3.63, 3.8) is 0 Å². The molecule has 180 valence electrons. The molecule has 0 aromatic carbocycles. The second-order valence-corrected chi connectivity index (χ2v) is 14.8. The minimum atomic E-state index is -2.85. The number of hydrogen-bond donors (Lipinski definition) is 1. The van der Waals surface area contributed by atoms with Crippen molar-refractivity contribution < 1.29 is 26.6 Å². The average molecular weight is 483 g/mol. The van der Waals surface area contributed by atoms with Crippen LogP contribution in [0.2, 0.25) is 6.04 Å². The Hall–Kier alpha value is -0.0894. The standard InChI is InChI=1S/C19H46N2O6Si3/c1-9-21(10-2)17-19(30(25-11-3,26-12-4)27-13-5)28-18-20-15-14-16-29(22-6,23-7)24-8/h17,20H,9-16,18,28H2,1-8H3. The van der Waals surface area contributed by atoms with Gasteiger partial charge in [-0.3, -0.25) is 0 Å². The van der Waals surface area contributed by atoms with E-state index in [1.54, 1.807) is 21.3 Å². The van der Waals surface area contributed by atoms with Gasteiger partial charge in [0.25, 0.3) is 0 Å². The highest BCUT2D eigenvalue weighted by molar-refractivity contribution is 6.83. The van der Waals surface area contributed by atoms with Crippen LogP contribution in [0, 0.1) is 0 Å². The minimum absolute atomic E-state index is 0.585. The van der Waals surface area contributed by atoms with Crippen LogP contribution < -0.4 is 5.32 Å². The first kappa shape index (κ1) is 29.9. The van der Waals surface area contributed by atoms with Gasteiger partial charge in [0.2, 0.25) is 0 Å². The van der Waals surface area contributed by atoms with Gasteiger partial charge in [-0.15, -0.1) is 0 Å². The summed E-state index contributed by atoms with van der Waals surface area (Å²) in [6.45, 7) is 14.9. The van der Waals surface area contributed by atoms with Gasteiger partial charge in [-0.2, -0.15) is 0 Å². The number of hydrogen-bond acceptors (Lipinski definition) is 8. The number of nitrogens with zero attached hydrogens (tertiary/aromatic N) is 1. The molecule has 0 rings (SSSR count). The third-order valence-electron chi connectivity index (χ3n) is 4.89. The van der Waals surface area contributed by atoms with Crippen LogP contribution in [-0.4, -0.2) is 99.0 Å². The van der Waals surface area contributed by atoms with Gasteiger partial charge >= 0.3 is 17.6 Å². The van der Waals surface area contributed by atoms with E-state index in [0.717, 1.165) is 38.3 Å². The summed E-state index contributed by atoms with van der Waals surface area (Å²) in [5.41, 5.74) is 0. The first-order valence-electron chi connectivity index (χ1n) is 11.2. The molecule has 30 heavy (non-hydrogen) atoms. The van der Waals surface area contributed by atoms with Crippen LogP contribution >= 0.6 is 0 Å². The molecular weight excluding hydrogens is 436 g/mol. The Labute approximate surface area is 189 Å². The minimum Gasteiger partial charge on any atom is -0.378 e. The van der Waals surface area contributed by atoms with E-state index in [1.807, 2.05) is 20.8 Å². The van der Waals surface area contributed by atoms with Crippen LogP contribution in [-0.2, 0) is 26.6 Å². The van der Waals surface area contributed by atoms with Crippen molar-refractivity contribution in [1.29, 1.82) is 0 Å². The average Bonchev–Trinajstić information content (AvgIpc) is 2.76. The van der Waals surface area contributed by atoms with Crippen molar-refractivity contribution in [1.82, 2.24) is 10.2 Å². The molecule has 0 spiro atoms. The molecule has 0 radical (unpaired) electrons. The lowest BCUT2D eigenvalue weighted by Gasteiger charge is -2.32. The van der Waals surface area contributed by atoms with Crippen molar-refractivity contribution in [3.05, 3.63) is 11.0 Å². The number of nitrogens with one attached hydrogen (secondary N) is 1. The maximum absolute atomic E-state index is 6.19. The van der Waals surface area contributed by atoms with Crippen molar-refractivity contribution in [2.24, 2.45) is 0 Å². The third-order valence-corrected chi connectivity index (χ3v) is 14.0. The molecule has 0 unspecified atom stereocenters. The predicted octanol–water partition coefficient (Wildman–Crippen LogP) is 1.74. The molecule has 0 aliphatic heterocycles. The fourth-order valence-electron chi connectivity index (χ4n) is 3.23. The molecule has 8 nitrogen and oxygen atoms in total. The van der Waals surface area contributed by atoms with E-state index in [0.29, 0.717) is 19.8 Å². The van der Waals surface area contributed by atoms with Crippen LogP contribution in [0.15, 0.2) is 11.0 Å². The summed E-state index contributed by atoms with van der Waals surface area (Å²) in [6, 6.07) is 0.794. The summed E-state index contributed by atoms with van der Waals surface area (Å²) < 4.78 is 35.0. The highest BCUT2D eigenvalue weighted by Crippen LogP contribution is 2.21. The van der Waals surface area contributed by atoms with Gasteiger partial charge in [0.05, 0.1) is 9.52 Å². The second-order valence-electron chi connectivity index (χ2n) is 6.63. The van der Waals surface area contributed by atoms with E-state index in [4.69, 9.17) is 26.6 Å². The molecule has 0 saturated heterocycles. The van der Waals surface area contributed by atoms with Gasteiger partial charge in [0, 0.05) is 60.3 Å². The smallest absolute Gasteiger partial charge is 0.378 e. The molecule has 0 bridgehead atoms. The molecular formula is C19H46N2O6Si3. The molecule has 0 aliphatic rings. The van der Waals surface area contributed by atoms with E-state index in [1.165, 1.54) is 4.82 Å². The maximum Gasteiger partial charge on any atom is 0.529 e. The first-order valence-corrected chi connectivity index (χ1v) is 16.6. The molecule has 0 heterocycles. The first-order chi connectivity index (χ1) is 14.5. The zero-order valence-electron chi connectivity index (χ0n) is 20.5. The third kappa shape index (κ3) is 10.0. The zero-order chi connectivity index (χ0) is 22.9. The molecule has 0 fully saturated rings. The molecule has 1 N–H and O–H groups in total. The van der Waals surface area contributed by atoms with Crippen LogP contribution in [0.1, 0.15) is 41.0 Å². The Balaban J connectivity index is 5.11. The van der Waals surface area contributed by atoms with Crippen molar-refractivity contribution in [2.45, 2.75) is 47.1 Å². The molecule has 0 amide bonds. The largest absolute Gasteiger partial charge is 0.529 e. The van der Waals surface area contributed by atoms with Gasteiger partial charge in [-0.1, -0.05) is 0 Å². The Morgan fingerprint density at radius 1 is 0.867 bits per heavy atom. The Morgan fingerprint density at radius 3 is 1.77 bits per heavy atom. The van der Waals surface area contributed by atoms with Crippen molar-refractivity contribution in [3.8, 4) is 0 Å².